The smallest absolute Gasteiger partial charge is 0.304 e. The van der Waals surface area contributed by atoms with Crippen molar-refractivity contribution < 1.29 is 14.6 Å². The van der Waals surface area contributed by atoms with E-state index < -0.39 is 5.97 Å². The Labute approximate surface area is 103 Å². The van der Waals surface area contributed by atoms with Gasteiger partial charge in [0.1, 0.15) is 0 Å². The summed E-state index contributed by atoms with van der Waals surface area (Å²) < 4.78 is 5.83. The summed E-state index contributed by atoms with van der Waals surface area (Å²) in [6.07, 6.45) is 6.62. The third kappa shape index (κ3) is 3.68. The molecule has 2 heterocycles. The first kappa shape index (κ1) is 12.8. The van der Waals surface area contributed by atoms with Crippen molar-refractivity contribution in [3.05, 3.63) is 0 Å². The van der Waals surface area contributed by atoms with E-state index >= 15 is 0 Å². The molecule has 2 aliphatic rings. The first-order valence-electron chi connectivity index (χ1n) is 6.76. The largest absolute Gasteiger partial charge is 0.481 e. The van der Waals surface area contributed by atoms with Gasteiger partial charge in [0.05, 0.1) is 18.6 Å². The molecule has 0 bridgehead atoms. The van der Waals surface area contributed by atoms with Crippen LogP contribution in [0.4, 0.5) is 0 Å². The lowest BCUT2D eigenvalue weighted by Crippen LogP contribution is -2.44. The quantitative estimate of drug-likeness (QED) is 0.816. The first-order chi connectivity index (χ1) is 8.15. The first-order valence-corrected chi connectivity index (χ1v) is 6.76. The van der Waals surface area contributed by atoms with Crippen molar-refractivity contribution in [3.8, 4) is 0 Å². The SMILES string of the molecule is CC1CCC(CN2CCCCC2CC(=O)O)O1. The highest BCUT2D eigenvalue weighted by Crippen LogP contribution is 2.25. The summed E-state index contributed by atoms with van der Waals surface area (Å²) in [5.41, 5.74) is 0. The number of piperidine rings is 1. The molecule has 0 aliphatic carbocycles. The standard InChI is InChI=1S/C13H23NO3/c1-10-5-6-12(17-10)9-14-7-3-2-4-11(14)8-13(15)16/h10-12H,2-9H2,1H3,(H,15,16). The van der Waals surface area contributed by atoms with E-state index in [9.17, 15) is 4.79 Å². The Morgan fingerprint density at radius 3 is 2.82 bits per heavy atom. The van der Waals surface area contributed by atoms with E-state index in [0.29, 0.717) is 12.2 Å². The molecular weight excluding hydrogens is 218 g/mol. The lowest BCUT2D eigenvalue weighted by Gasteiger charge is -2.36. The summed E-state index contributed by atoms with van der Waals surface area (Å²) >= 11 is 0. The Morgan fingerprint density at radius 2 is 2.18 bits per heavy atom. The highest BCUT2D eigenvalue weighted by atomic mass is 16.5. The van der Waals surface area contributed by atoms with Crippen LogP contribution >= 0.6 is 0 Å². The van der Waals surface area contributed by atoms with Crippen LogP contribution in [0.5, 0.6) is 0 Å². The summed E-state index contributed by atoms with van der Waals surface area (Å²) in [4.78, 5) is 13.2. The summed E-state index contributed by atoms with van der Waals surface area (Å²) in [5, 5.41) is 8.93. The molecule has 17 heavy (non-hydrogen) atoms. The highest BCUT2D eigenvalue weighted by Gasteiger charge is 2.29. The molecule has 0 aromatic carbocycles. The summed E-state index contributed by atoms with van der Waals surface area (Å²) in [5.74, 6) is -0.678. The maximum absolute atomic E-state index is 10.8. The zero-order chi connectivity index (χ0) is 12.3. The van der Waals surface area contributed by atoms with Crippen LogP contribution in [0.15, 0.2) is 0 Å². The van der Waals surface area contributed by atoms with E-state index in [2.05, 4.69) is 11.8 Å². The third-order valence-electron chi connectivity index (χ3n) is 3.92. The minimum atomic E-state index is -0.678. The van der Waals surface area contributed by atoms with Gasteiger partial charge in [-0.1, -0.05) is 6.42 Å². The van der Waals surface area contributed by atoms with Gasteiger partial charge in [0.2, 0.25) is 0 Å². The van der Waals surface area contributed by atoms with E-state index in [1.54, 1.807) is 0 Å². The maximum Gasteiger partial charge on any atom is 0.304 e. The molecule has 2 aliphatic heterocycles. The summed E-state index contributed by atoms with van der Waals surface area (Å²) in [6, 6.07) is 0.223. The molecule has 1 N–H and O–H groups in total. The second kappa shape index (κ2) is 5.83. The number of hydrogen-bond acceptors (Lipinski definition) is 3. The number of ether oxygens (including phenoxy) is 1. The molecule has 0 aromatic heterocycles. The Hall–Kier alpha value is -0.610. The molecular formula is C13H23NO3. The number of hydrogen-bond donors (Lipinski definition) is 1. The molecule has 98 valence electrons. The number of nitrogens with zero attached hydrogens (tertiary/aromatic N) is 1. The fraction of sp³-hybridized carbons (Fsp3) is 0.923. The van der Waals surface area contributed by atoms with Gasteiger partial charge in [0.15, 0.2) is 0 Å². The van der Waals surface area contributed by atoms with Crippen LogP contribution in [0.3, 0.4) is 0 Å². The number of likely N-dealkylation sites (tertiary alicyclic amines) is 1. The van der Waals surface area contributed by atoms with Crippen LogP contribution in [-0.4, -0.2) is 47.3 Å². The molecule has 4 heteroatoms. The van der Waals surface area contributed by atoms with Crippen molar-refractivity contribution in [2.75, 3.05) is 13.1 Å². The number of carboxylic acid groups (broad SMARTS) is 1. The van der Waals surface area contributed by atoms with E-state index in [1.165, 1.54) is 6.42 Å². The van der Waals surface area contributed by atoms with Crippen LogP contribution in [0.25, 0.3) is 0 Å². The summed E-state index contributed by atoms with van der Waals surface area (Å²) in [6.45, 7) is 4.07. The number of carboxylic acids is 1. The maximum atomic E-state index is 10.8. The topological polar surface area (TPSA) is 49.8 Å². The minimum absolute atomic E-state index is 0.223. The highest BCUT2D eigenvalue weighted by molar-refractivity contribution is 5.67. The van der Waals surface area contributed by atoms with Gasteiger partial charge in [-0.15, -0.1) is 0 Å². The van der Waals surface area contributed by atoms with Gasteiger partial charge in [-0.2, -0.15) is 0 Å². The van der Waals surface area contributed by atoms with Crippen LogP contribution in [0.2, 0.25) is 0 Å². The van der Waals surface area contributed by atoms with Crippen LogP contribution in [-0.2, 0) is 9.53 Å². The van der Waals surface area contributed by atoms with Crippen molar-refractivity contribution in [2.45, 2.75) is 63.7 Å². The molecule has 0 spiro atoms. The van der Waals surface area contributed by atoms with Gasteiger partial charge in [-0.3, -0.25) is 9.69 Å². The van der Waals surface area contributed by atoms with E-state index in [-0.39, 0.29) is 12.5 Å². The van der Waals surface area contributed by atoms with Crippen molar-refractivity contribution in [1.82, 2.24) is 4.90 Å². The van der Waals surface area contributed by atoms with Gasteiger partial charge in [-0.25, -0.2) is 0 Å². The molecule has 0 saturated carbocycles. The molecule has 2 fully saturated rings. The molecule has 0 amide bonds. The Bertz CT molecular complexity index is 269. The molecule has 3 unspecified atom stereocenters. The van der Waals surface area contributed by atoms with Gasteiger partial charge < -0.3 is 9.84 Å². The van der Waals surface area contributed by atoms with Gasteiger partial charge in [-0.05, 0) is 39.2 Å². The normalized spacial score (nSPS) is 35.0. The Morgan fingerprint density at radius 1 is 1.35 bits per heavy atom. The van der Waals surface area contributed by atoms with Crippen molar-refractivity contribution in [1.29, 1.82) is 0 Å². The second-order valence-corrected chi connectivity index (χ2v) is 5.39. The molecule has 0 radical (unpaired) electrons. The Balaban J connectivity index is 1.85. The van der Waals surface area contributed by atoms with E-state index in [0.717, 1.165) is 38.8 Å². The lowest BCUT2D eigenvalue weighted by molar-refractivity contribution is -0.139. The second-order valence-electron chi connectivity index (χ2n) is 5.39. The van der Waals surface area contributed by atoms with E-state index in [4.69, 9.17) is 9.84 Å². The molecule has 3 atom stereocenters. The fourth-order valence-electron chi connectivity index (χ4n) is 3.01. The molecule has 4 nitrogen and oxygen atoms in total. The van der Waals surface area contributed by atoms with Gasteiger partial charge in [0.25, 0.3) is 0 Å². The molecule has 0 aromatic rings. The number of carbonyl (C=O) groups is 1. The third-order valence-corrected chi connectivity index (χ3v) is 3.92. The minimum Gasteiger partial charge on any atom is -0.481 e. The van der Waals surface area contributed by atoms with Crippen LogP contribution in [0, 0.1) is 0 Å². The van der Waals surface area contributed by atoms with Gasteiger partial charge >= 0.3 is 5.97 Å². The average molecular weight is 241 g/mol. The van der Waals surface area contributed by atoms with Crippen molar-refractivity contribution >= 4 is 5.97 Å². The lowest BCUT2D eigenvalue weighted by atomic mass is 9.98. The van der Waals surface area contributed by atoms with Crippen molar-refractivity contribution in [2.24, 2.45) is 0 Å². The van der Waals surface area contributed by atoms with Crippen LogP contribution < -0.4 is 0 Å². The number of aliphatic carboxylic acids is 1. The average Bonchev–Trinajstić information content (AvgIpc) is 2.66. The van der Waals surface area contributed by atoms with Gasteiger partial charge in [0, 0.05) is 12.6 Å². The fourth-order valence-corrected chi connectivity index (χ4v) is 3.01. The predicted octanol–water partition coefficient (Wildman–Crippen LogP) is 1.88. The predicted molar refractivity (Wildman–Crippen MR) is 65.0 cm³/mol. The molecule has 2 saturated heterocycles. The van der Waals surface area contributed by atoms with Crippen molar-refractivity contribution in [3.63, 3.8) is 0 Å². The molecule has 2 rings (SSSR count). The number of rotatable bonds is 4. The zero-order valence-electron chi connectivity index (χ0n) is 10.6. The van der Waals surface area contributed by atoms with Crippen LogP contribution in [0.1, 0.15) is 45.4 Å². The summed E-state index contributed by atoms with van der Waals surface area (Å²) in [7, 11) is 0. The Kier molecular flexibility index (Phi) is 4.40. The zero-order valence-corrected chi connectivity index (χ0v) is 10.6. The van der Waals surface area contributed by atoms with E-state index in [1.807, 2.05) is 0 Å². The monoisotopic (exact) mass is 241 g/mol.